The Hall–Kier alpha value is -2.52. The molecule has 14 N–H and O–H groups in total. The Bertz CT molecular complexity index is 1820. The lowest BCUT2D eigenvalue weighted by Gasteiger charge is -2.30. The zero-order valence-corrected chi connectivity index (χ0v) is 33.4. The van der Waals surface area contributed by atoms with Gasteiger partial charge in [0, 0.05) is 30.7 Å². The average molecular weight is 882 g/mol. The maximum absolute atomic E-state index is 12.7. The number of nitrogens with two attached hydrogens (primary N) is 3. The first-order chi connectivity index (χ1) is 26.0. The molecule has 8 atom stereocenters. The molecule has 0 aliphatic carbocycles. The topological polar surface area (TPSA) is 416 Å². The minimum absolute atomic E-state index is 0.0265. The number of carbonyl (C=O) groups is 3. The van der Waals surface area contributed by atoms with E-state index < -0.39 is 90.6 Å². The van der Waals surface area contributed by atoms with Crippen LogP contribution < -0.4 is 27.8 Å². The predicted octanol–water partition coefficient (Wildman–Crippen LogP) is -2.27. The van der Waals surface area contributed by atoms with E-state index in [9.17, 15) is 57.9 Å². The maximum atomic E-state index is 12.7. The quantitative estimate of drug-likeness (QED) is 0.0414. The Kier molecular flexibility index (Phi) is 17.5. The highest BCUT2D eigenvalue weighted by Gasteiger charge is 2.50. The van der Waals surface area contributed by atoms with Crippen molar-refractivity contribution >= 4 is 69.1 Å². The summed E-state index contributed by atoms with van der Waals surface area (Å²) in [5.74, 6) is -1.24. The SMILES string of the molecule is CC(C)(COP(=O)(O)OP(=O)(O)OCC1OC(n2cnc3c(N)ncnc32)C(O)C1OP(=O)(O)O)C(O)C(=O)NCCC(=O)NCCSC(=O)[C@@H](N)CCCN. The van der Waals surface area contributed by atoms with E-state index >= 15 is 0 Å². The smallest absolute Gasteiger partial charge is 0.386 e. The molecule has 2 aromatic rings. The van der Waals surface area contributed by atoms with Gasteiger partial charge < -0.3 is 62.4 Å². The zero-order chi connectivity index (χ0) is 42.1. The van der Waals surface area contributed by atoms with E-state index in [4.69, 9.17) is 31.0 Å². The number of aliphatic hydroxyl groups excluding tert-OH is 2. The number of amides is 2. The van der Waals surface area contributed by atoms with Gasteiger partial charge in [0.15, 0.2) is 17.7 Å². The molecule has 1 fully saturated rings. The summed E-state index contributed by atoms with van der Waals surface area (Å²) >= 11 is 0.963. The molecular formula is C26H46N9O17P3S. The molecule has 0 aromatic carbocycles. The van der Waals surface area contributed by atoms with Crippen LogP contribution >= 0.6 is 35.2 Å². The molecule has 1 aliphatic heterocycles. The Morgan fingerprint density at radius 1 is 1.07 bits per heavy atom. The van der Waals surface area contributed by atoms with Crippen molar-refractivity contribution in [2.45, 2.75) is 69.8 Å². The Morgan fingerprint density at radius 3 is 2.41 bits per heavy atom. The van der Waals surface area contributed by atoms with Gasteiger partial charge in [0.1, 0.15) is 36.3 Å². The number of fused-ring (bicyclic) bond motifs is 1. The summed E-state index contributed by atoms with van der Waals surface area (Å²) in [4.78, 5) is 87.5. The number of phosphoric ester groups is 3. The van der Waals surface area contributed by atoms with Crippen molar-refractivity contribution in [3.63, 3.8) is 0 Å². The van der Waals surface area contributed by atoms with E-state index in [1.54, 1.807) is 0 Å². The number of rotatable bonds is 23. The van der Waals surface area contributed by atoms with Gasteiger partial charge in [-0.3, -0.25) is 32.5 Å². The van der Waals surface area contributed by atoms with Crippen LogP contribution in [0.1, 0.15) is 39.3 Å². The number of nitrogen functional groups attached to an aromatic ring is 1. The number of aliphatic hydroxyl groups is 2. The summed E-state index contributed by atoms with van der Waals surface area (Å²) in [5, 5.41) is 26.1. The fraction of sp³-hybridized carbons (Fsp3) is 0.692. The van der Waals surface area contributed by atoms with Crippen molar-refractivity contribution in [1.82, 2.24) is 30.2 Å². The second kappa shape index (κ2) is 20.4. The summed E-state index contributed by atoms with van der Waals surface area (Å²) in [5.41, 5.74) is 15.4. The monoisotopic (exact) mass is 881 g/mol. The standard InChI is InChI=1S/C26H46N9O17P3S/c1-26(2,20(38)23(39)31-7-5-16(36)30-8-9-56-25(40)14(28)4-3-6-27)11-49-55(46,47)52-54(44,45)48-10-15-19(51-53(41,42)43)18(37)24(50-15)35-13-34-17-21(29)32-12-33-22(17)35/h12-15,18-20,24,37-38H,3-11,27-28H2,1-2H3,(H,30,36)(H,31,39)(H,44,45)(H,46,47)(H2,29,32,33)(H2,41,42,43)/t14-,15?,18?,19?,20?,24?/m0/s1. The minimum Gasteiger partial charge on any atom is -0.386 e. The number of phosphoric acid groups is 3. The lowest BCUT2D eigenvalue weighted by molar-refractivity contribution is -0.137. The summed E-state index contributed by atoms with van der Waals surface area (Å²) < 4.78 is 62.0. The molecule has 0 saturated carbocycles. The third kappa shape index (κ3) is 14.4. The number of hydrogen-bond acceptors (Lipinski definition) is 20. The summed E-state index contributed by atoms with van der Waals surface area (Å²) in [6, 6.07) is -0.656. The van der Waals surface area contributed by atoms with Gasteiger partial charge in [0.2, 0.25) is 16.9 Å². The lowest BCUT2D eigenvalue weighted by atomic mass is 9.87. The molecule has 0 spiro atoms. The number of aromatic nitrogens is 4. The summed E-state index contributed by atoms with van der Waals surface area (Å²) in [7, 11) is -16.4. The van der Waals surface area contributed by atoms with Crippen LogP contribution in [0.15, 0.2) is 12.7 Å². The van der Waals surface area contributed by atoms with Crippen molar-refractivity contribution in [3.8, 4) is 0 Å². The molecule has 318 valence electrons. The number of nitrogens with zero attached hydrogens (tertiary/aromatic N) is 4. The molecule has 3 heterocycles. The third-order valence-electron chi connectivity index (χ3n) is 7.77. The number of anilines is 1. The molecule has 1 aliphatic rings. The van der Waals surface area contributed by atoms with Gasteiger partial charge in [0.05, 0.1) is 25.6 Å². The molecule has 1 saturated heterocycles. The fourth-order valence-corrected chi connectivity index (χ4v) is 8.41. The van der Waals surface area contributed by atoms with Crippen molar-refractivity contribution in [1.29, 1.82) is 0 Å². The normalized spacial score (nSPS) is 22.2. The fourth-order valence-electron chi connectivity index (χ4n) is 4.84. The van der Waals surface area contributed by atoms with Gasteiger partial charge in [-0.1, -0.05) is 25.6 Å². The third-order valence-corrected chi connectivity index (χ3v) is 11.9. The van der Waals surface area contributed by atoms with Gasteiger partial charge in [-0.25, -0.2) is 28.6 Å². The Balaban J connectivity index is 1.48. The Morgan fingerprint density at radius 2 is 1.75 bits per heavy atom. The first kappa shape index (κ1) is 47.9. The molecule has 0 bridgehead atoms. The van der Waals surface area contributed by atoms with E-state index in [2.05, 4.69) is 34.4 Å². The summed E-state index contributed by atoms with van der Waals surface area (Å²) in [6.45, 7) is 0.788. The van der Waals surface area contributed by atoms with E-state index in [0.29, 0.717) is 19.4 Å². The van der Waals surface area contributed by atoms with Gasteiger partial charge in [-0.15, -0.1) is 0 Å². The van der Waals surface area contributed by atoms with Gasteiger partial charge >= 0.3 is 23.5 Å². The van der Waals surface area contributed by atoms with Gasteiger partial charge in [-0.2, -0.15) is 4.31 Å². The van der Waals surface area contributed by atoms with Crippen LogP contribution in [0.2, 0.25) is 0 Å². The van der Waals surface area contributed by atoms with Crippen LogP contribution in [0.5, 0.6) is 0 Å². The van der Waals surface area contributed by atoms with Crippen LogP contribution in [-0.4, -0.2) is 135 Å². The predicted molar refractivity (Wildman–Crippen MR) is 193 cm³/mol. The van der Waals surface area contributed by atoms with E-state index in [1.807, 2.05) is 0 Å². The first-order valence-corrected chi connectivity index (χ1v) is 22.0. The molecule has 7 unspecified atom stereocenters. The number of imidazole rings is 1. The second-order valence-electron chi connectivity index (χ2n) is 12.8. The van der Waals surface area contributed by atoms with E-state index in [1.165, 1.54) is 13.8 Å². The molecule has 3 rings (SSSR count). The summed E-state index contributed by atoms with van der Waals surface area (Å²) in [6.07, 6.45) is -5.92. The number of carbonyl (C=O) groups excluding carboxylic acids is 3. The van der Waals surface area contributed by atoms with Crippen LogP contribution in [0.25, 0.3) is 11.2 Å². The average Bonchev–Trinajstić information content (AvgIpc) is 3.66. The molecule has 2 aromatic heterocycles. The van der Waals surface area contributed by atoms with E-state index in [-0.39, 0.29) is 47.4 Å². The molecule has 30 heteroatoms. The van der Waals surface area contributed by atoms with Crippen molar-refractivity contribution in [2.75, 3.05) is 44.3 Å². The number of nitrogens with one attached hydrogen (secondary N) is 2. The highest BCUT2D eigenvalue weighted by atomic mass is 32.2. The molecular weight excluding hydrogens is 835 g/mol. The first-order valence-electron chi connectivity index (χ1n) is 16.5. The largest absolute Gasteiger partial charge is 0.481 e. The van der Waals surface area contributed by atoms with Crippen LogP contribution in [-0.2, 0) is 50.7 Å². The van der Waals surface area contributed by atoms with Crippen LogP contribution in [0.3, 0.4) is 0 Å². The number of hydrogen-bond donors (Lipinski definition) is 11. The maximum Gasteiger partial charge on any atom is 0.481 e. The lowest BCUT2D eigenvalue weighted by Crippen LogP contribution is -2.46. The molecule has 0 radical (unpaired) electrons. The van der Waals surface area contributed by atoms with Crippen LogP contribution in [0, 0.1) is 5.41 Å². The number of thioether (sulfide) groups is 1. The van der Waals surface area contributed by atoms with Crippen molar-refractivity contribution in [3.05, 3.63) is 12.7 Å². The highest BCUT2D eigenvalue weighted by molar-refractivity contribution is 8.13. The molecule has 26 nitrogen and oxygen atoms in total. The van der Waals surface area contributed by atoms with Crippen LogP contribution in [0.4, 0.5) is 5.82 Å². The minimum atomic E-state index is -5.58. The van der Waals surface area contributed by atoms with Gasteiger partial charge in [-0.05, 0) is 19.4 Å². The van der Waals surface area contributed by atoms with Crippen molar-refractivity contribution < 1.29 is 80.5 Å². The van der Waals surface area contributed by atoms with Gasteiger partial charge in [0.25, 0.3) is 0 Å². The molecule has 2 amide bonds. The zero-order valence-electron chi connectivity index (χ0n) is 29.9. The second-order valence-corrected chi connectivity index (χ2v) is 18.1. The number of ether oxygens (including phenoxy) is 1. The van der Waals surface area contributed by atoms with E-state index in [0.717, 1.165) is 29.0 Å². The molecule has 56 heavy (non-hydrogen) atoms. The highest BCUT2D eigenvalue weighted by Crippen LogP contribution is 2.61. The van der Waals surface area contributed by atoms with Crippen molar-refractivity contribution in [2.24, 2.45) is 16.9 Å². The Labute approximate surface area is 323 Å².